The molecule has 4 rings (SSSR count). The maximum atomic E-state index is 13.0. The Bertz CT molecular complexity index is 1130. The van der Waals surface area contributed by atoms with Crippen molar-refractivity contribution in [1.29, 1.82) is 0 Å². The molecule has 3 nitrogen and oxygen atoms in total. The minimum atomic E-state index is -0.0932. The third kappa shape index (κ3) is 2.83. The summed E-state index contributed by atoms with van der Waals surface area (Å²) in [6.45, 7) is 1.83. The summed E-state index contributed by atoms with van der Waals surface area (Å²) in [7, 11) is 0. The molecule has 0 unspecified atom stereocenters. The SMILES string of the molecule is Cc1nc2cc(-c3ccccc3)ccc2c(=O)n1-c1cccc(Cl)c1. The van der Waals surface area contributed by atoms with E-state index in [0.29, 0.717) is 21.7 Å². The Kier molecular flexibility index (Phi) is 3.86. The van der Waals surface area contributed by atoms with Crippen molar-refractivity contribution >= 4 is 22.5 Å². The predicted octanol–water partition coefficient (Wildman–Crippen LogP) is 5.01. The molecule has 0 aliphatic rings. The molecule has 4 heteroatoms. The quantitative estimate of drug-likeness (QED) is 0.511. The number of hydrogen-bond donors (Lipinski definition) is 0. The van der Waals surface area contributed by atoms with Crippen molar-refractivity contribution < 1.29 is 0 Å². The van der Waals surface area contributed by atoms with Crippen LogP contribution in [0.1, 0.15) is 5.82 Å². The van der Waals surface area contributed by atoms with Crippen molar-refractivity contribution in [2.45, 2.75) is 6.92 Å². The predicted molar refractivity (Wildman–Crippen MR) is 103 cm³/mol. The van der Waals surface area contributed by atoms with E-state index in [2.05, 4.69) is 4.98 Å². The summed E-state index contributed by atoms with van der Waals surface area (Å²) < 4.78 is 1.59. The van der Waals surface area contributed by atoms with Crippen LogP contribution < -0.4 is 5.56 Å². The van der Waals surface area contributed by atoms with E-state index in [9.17, 15) is 4.79 Å². The number of nitrogens with zero attached hydrogens (tertiary/aromatic N) is 2. The number of aryl methyl sites for hydroxylation is 1. The van der Waals surface area contributed by atoms with Gasteiger partial charge in [-0.3, -0.25) is 9.36 Å². The van der Waals surface area contributed by atoms with Crippen LogP contribution in [0.4, 0.5) is 0 Å². The molecule has 4 aromatic rings. The molecule has 0 aliphatic heterocycles. The zero-order valence-corrected chi connectivity index (χ0v) is 14.4. The summed E-state index contributed by atoms with van der Waals surface area (Å²) in [5.41, 5.74) is 3.46. The molecular weight excluding hydrogens is 332 g/mol. The van der Waals surface area contributed by atoms with Gasteiger partial charge in [0.15, 0.2) is 0 Å². The molecule has 0 bridgehead atoms. The number of fused-ring (bicyclic) bond motifs is 1. The van der Waals surface area contributed by atoms with Crippen molar-refractivity contribution in [1.82, 2.24) is 9.55 Å². The van der Waals surface area contributed by atoms with Crippen LogP contribution in [0.2, 0.25) is 5.02 Å². The first-order chi connectivity index (χ1) is 12.1. The highest BCUT2D eigenvalue weighted by atomic mass is 35.5. The minimum Gasteiger partial charge on any atom is -0.268 e. The second kappa shape index (κ2) is 6.19. The van der Waals surface area contributed by atoms with Crippen LogP contribution in [0.15, 0.2) is 77.6 Å². The van der Waals surface area contributed by atoms with E-state index in [1.54, 1.807) is 16.7 Å². The van der Waals surface area contributed by atoms with Crippen LogP contribution in [0.5, 0.6) is 0 Å². The average Bonchev–Trinajstić information content (AvgIpc) is 2.62. The summed E-state index contributed by atoms with van der Waals surface area (Å²) in [6.07, 6.45) is 0. The molecule has 0 saturated heterocycles. The van der Waals surface area contributed by atoms with E-state index in [-0.39, 0.29) is 5.56 Å². The number of hydrogen-bond acceptors (Lipinski definition) is 2. The van der Waals surface area contributed by atoms with Gasteiger partial charge in [-0.1, -0.05) is 54.1 Å². The third-order valence-electron chi connectivity index (χ3n) is 4.21. The van der Waals surface area contributed by atoms with E-state index in [4.69, 9.17) is 11.6 Å². The molecule has 0 radical (unpaired) electrons. The molecule has 0 atom stereocenters. The average molecular weight is 347 g/mol. The molecule has 1 aromatic heterocycles. The van der Waals surface area contributed by atoms with E-state index in [1.807, 2.05) is 67.6 Å². The van der Waals surface area contributed by atoms with Crippen molar-refractivity contribution in [3.05, 3.63) is 94.0 Å². The Morgan fingerprint density at radius 3 is 2.44 bits per heavy atom. The van der Waals surface area contributed by atoms with Crippen LogP contribution in [-0.4, -0.2) is 9.55 Å². The topological polar surface area (TPSA) is 34.9 Å². The molecule has 0 spiro atoms. The Morgan fingerprint density at radius 1 is 0.880 bits per heavy atom. The van der Waals surface area contributed by atoms with Crippen molar-refractivity contribution in [2.75, 3.05) is 0 Å². The summed E-state index contributed by atoms with van der Waals surface area (Å²) in [4.78, 5) is 17.6. The van der Waals surface area contributed by atoms with Gasteiger partial charge >= 0.3 is 0 Å². The Labute approximate surface area is 150 Å². The van der Waals surface area contributed by atoms with Crippen molar-refractivity contribution in [2.24, 2.45) is 0 Å². The van der Waals surface area contributed by atoms with E-state index >= 15 is 0 Å². The van der Waals surface area contributed by atoms with Crippen molar-refractivity contribution in [3.8, 4) is 16.8 Å². The summed E-state index contributed by atoms with van der Waals surface area (Å²) in [5, 5.41) is 1.17. The third-order valence-corrected chi connectivity index (χ3v) is 4.45. The first kappa shape index (κ1) is 15.6. The largest absolute Gasteiger partial charge is 0.268 e. The summed E-state index contributed by atoms with van der Waals surface area (Å²) in [6, 6.07) is 23.0. The second-order valence-electron chi connectivity index (χ2n) is 5.88. The number of benzene rings is 3. The van der Waals surface area contributed by atoms with E-state index < -0.39 is 0 Å². The number of halogens is 1. The van der Waals surface area contributed by atoms with Gasteiger partial charge in [-0.2, -0.15) is 0 Å². The number of aromatic nitrogens is 2. The molecule has 3 aromatic carbocycles. The molecule has 0 aliphatic carbocycles. The van der Waals surface area contributed by atoms with Crippen LogP contribution in [0, 0.1) is 6.92 Å². The number of rotatable bonds is 2. The summed E-state index contributed by atoms with van der Waals surface area (Å²) in [5.74, 6) is 0.630. The van der Waals surface area contributed by atoms with Gasteiger partial charge in [0.2, 0.25) is 0 Å². The normalized spacial score (nSPS) is 11.0. The van der Waals surface area contributed by atoms with E-state index in [1.165, 1.54) is 0 Å². The van der Waals surface area contributed by atoms with Gasteiger partial charge in [-0.15, -0.1) is 0 Å². The van der Waals surface area contributed by atoms with Gasteiger partial charge in [0.1, 0.15) is 5.82 Å². The van der Waals surface area contributed by atoms with Gasteiger partial charge in [0.05, 0.1) is 16.6 Å². The maximum absolute atomic E-state index is 13.0. The highest BCUT2D eigenvalue weighted by Gasteiger charge is 2.11. The summed E-state index contributed by atoms with van der Waals surface area (Å²) >= 11 is 6.07. The molecule has 0 fully saturated rings. The maximum Gasteiger partial charge on any atom is 0.265 e. The standard InChI is InChI=1S/C21H15ClN2O/c1-14-23-20-12-16(15-6-3-2-4-7-15)10-11-19(20)21(25)24(14)18-9-5-8-17(22)13-18/h2-13H,1H3. The molecular formula is C21H15ClN2O. The molecule has 0 N–H and O–H groups in total. The highest BCUT2D eigenvalue weighted by molar-refractivity contribution is 6.30. The Balaban J connectivity index is 1.94. The zero-order chi connectivity index (χ0) is 17.4. The second-order valence-corrected chi connectivity index (χ2v) is 6.31. The Hall–Kier alpha value is -2.91. The lowest BCUT2D eigenvalue weighted by Gasteiger charge is -2.12. The Morgan fingerprint density at radius 2 is 1.68 bits per heavy atom. The smallest absolute Gasteiger partial charge is 0.265 e. The molecule has 0 saturated carbocycles. The molecule has 0 amide bonds. The van der Waals surface area contributed by atoms with Crippen LogP contribution in [-0.2, 0) is 0 Å². The van der Waals surface area contributed by atoms with Crippen LogP contribution in [0.3, 0.4) is 0 Å². The highest BCUT2D eigenvalue weighted by Crippen LogP contribution is 2.23. The first-order valence-corrected chi connectivity index (χ1v) is 8.36. The van der Waals surface area contributed by atoms with Gasteiger partial charge in [0, 0.05) is 5.02 Å². The molecule has 25 heavy (non-hydrogen) atoms. The lowest BCUT2D eigenvalue weighted by molar-refractivity contribution is 0.895. The van der Waals surface area contributed by atoms with Crippen LogP contribution >= 0.6 is 11.6 Å². The monoisotopic (exact) mass is 346 g/mol. The van der Waals surface area contributed by atoms with Gasteiger partial charge in [0.25, 0.3) is 5.56 Å². The van der Waals surface area contributed by atoms with Gasteiger partial charge in [-0.25, -0.2) is 4.98 Å². The zero-order valence-electron chi connectivity index (χ0n) is 13.6. The fraction of sp³-hybridized carbons (Fsp3) is 0.0476. The molecule has 1 heterocycles. The lowest BCUT2D eigenvalue weighted by atomic mass is 10.0. The van der Waals surface area contributed by atoms with E-state index in [0.717, 1.165) is 16.8 Å². The fourth-order valence-electron chi connectivity index (χ4n) is 3.03. The lowest BCUT2D eigenvalue weighted by Crippen LogP contribution is -2.22. The van der Waals surface area contributed by atoms with Crippen molar-refractivity contribution in [3.63, 3.8) is 0 Å². The first-order valence-electron chi connectivity index (χ1n) is 7.98. The van der Waals surface area contributed by atoms with Gasteiger partial charge in [-0.05, 0) is 48.4 Å². The molecule has 122 valence electrons. The minimum absolute atomic E-state index is 0.0932. The fourth-order valence-corrected chi connectivity index (χ4v) is 3.21. The van der Waals surface area contributed by atoms with Crippen LogP contribution in [0.25, 0.3) is 27.7 Å². The van der Waals surface area contributed by atoms with Gasteiger partial charge < -0.3 is 0 Å².